The van der Waals surface area contributed by atoms with E-state index in [4.69, 9.17) is 4.74 Å². The molecule has 0 aromatic carbocycles. The minimum absolute atomic E-state index is 0. The first-order valence-electron chi connectivity index (χ1n) is 18.8. The standard InChI is InChI=1S/C21H38F2NO.C15H29NO.C2H6.K/c1-16(2)24-20(15-25-19-7-5-4-6-8-19)17(3)9-10-18-11-13-21(22,23)14-12-18;1-4-15(16-13(3)17)12(2)10-11-14-8-6-5-7-9-14;1-2;/h17-20,24H,4-15H2,1-3H3;12,14-15H,4-11H2,1-3H3,(H,16,17);1-2H3;/q-1;;;+1. The largest absolute Gasteiger partial charge is 1.00 e. The van der Waals surface area contributed by atoms with E-state index in [1.54, 1.807) is 6.92 Å². The third kappa shape index (κ3) is 21.6. The quantitative estimate of drug-likeness (QED) is 0.137. The van der Waals surface area contributed by atoms with Crippen molar-refractivity contribution in [2.45, 2.75) is 201 Å². The maximum Gasteiger partial charge on any atom is 1.00 e. The first kappa shape index (κ1) is 45.9. The Morgan fingerprint density at radius 2 is 1.29 bits per heavy atom. The average Bonchev–Trinajstić information content (AvgIpc) is 3.02. The molecule has 0 saturated heterocycles. The summed E-state index contributed by atoms with van der Waals surface area (Å²) in [5, 5.41) is 6.67. The van der Waals surface area contributed by atoms with E-state index >= 15 is 0 Å². The first-order valence-corrected chi connectivity index (χ1v) is 18.8. The van der Waals surface area contributed by atoms with Crippen molar-refractivity contribution in [2.75, 3.05) is 6.61 Å². The van der Waals surface area contributed by atoms with Gasteiger partial charge in [-0.25, -0.2) is 8.78 Å². The molecule has 3 fully saturated rings. The van der Waals surface area contributed by atoms with Gasteiger partial charge in [0.25, 0.3) is 0 Å². The molecule has 3 saturated carbocycles. The predicted octanol–water partition coefficient (Wildman–Crippen LogP) is 8.04. The van der Waals surface area contributed by atoms with E-state index < -0.39 is 5.92 Å². The maximum atomic E-state index is 13.3. The van der Waals surface area contributed by atoms with Crippen molar-refractivity contribution >= 4 is 5.91 Å². The SMILES string of the molecule is CC.CCC(NC(C)=O)C(C)CCC1CCCCC1.C[C-](C)NC(COC1CCCCC1)C(C)CCC1CCC(F)(F)CC1.[K+]. The van der Waals surface area contributed by atoms with Crippen LogP contribution in [0.3, 0.4) is 0 Å². The van der Waals surface area contributed by atoms with E-state index in [2.05, 4.69) is 45.3 Å². The van der Waals surface area contributed by atoms with Gasteiger partial charge in [-0.15, -0.1) is 0 Å². The van der Waals surface area contributed by atoms with Crippen LogP contribution in [0.2, 0.25) is 0 Å². The topological polar surface area (TPSA) is 50.4 Å². The summed E-state index contributed by atoms with van der Waals surface area (Å²) >= 11 is 0. The summed E-state index contributed by atoms with van der Waals surface area (Å²) < 4.78 is 32.8. The van der Waals surface area contributed by atoms with Gasteiger partial charge >= 0.3 is 51.4 Å². The van der Waals surface area contributed by atoms with Gasteiger partial charge in [-0.2, -0.15) is 13.8 Å². The van der Waals surface area contributed by atoms with E-state index in [9.17, 15) is 13.6 Å². The molecule has 4 atom stereocenters. The number of rotatable bonds is 15. The summed E-state index contributed by atoms with van der Waals surface area (Å²) in [4.78, 5) is 11.1. The molecule has 0 bridgehead atoms. The Bertz CT molecular complexity index is 704. The molecule has 45 heavy (non-hydrogen) atoms. The molecule has 3 aliphatic rings. The molecule has 262 valence electrons. The molecule has 0 aliphatic heterocycles. The number of ether oxygens (including phenoxy) is 1. The Balaban J connectivity index is 0.000000849. The van der Waals surface area contributed by atoms with Crippen molar-refractivity contribution in [1.29, 1.82) is 0 Å². The molecule has 0 heterocycles. The molecular weight excluding hydrogens is 594 g/mol. The Morgan fingerprint density at radius 3 is 1.76 bits per heavy atom. The first-order chi connectivity index (χ1) is 21.0. The fourth-order valence-corrected chi connectivity index (χ4v) is 7.36. The second-order valence-corrected chi connectivity index (χ2v) is 14.5. The monoisotopic (exact) mass is 667 g/mol. The minimum atomic E-state index is -2.41. The number of nitrogens with one attached hydrogen (secondary N) is 2. The fourth-order valence-electron chi connectivity index (χ4n) is 7.36. The molecule has 3 aliphatic carbocycles. The molecule has 3 rings (SSSR count). The van der Waals surface area contributed by atoms with Crippen LogP contribution >= 0.6 is 0 Å². The Hall–Kier alpha value is 0.886. The third-order valence-electron chi connectivity index (χ3n) is 10.4. The molecule has 4 unspecified atom stereocenters. The number of alkyl halides is 2. The molecule has 0 aromatic rings. The van der Waals surface area contributed by atoms with Gasteiger partial charge in [0.05, 0.1) is 12.7 Å². The van der Waals surface area contributed by atoms with Gasteiger partial charge < -0.3 is 15.4 Å². The fraction of sp³-hybridized carbons (Fsp3) is 0.947. The Kier molecular flexibility index (Phi) is 27.2. The van der Waals surface area contributed by atoms with Crippen LogP contribution in [0.15, 0.2) is 0 Å². The molecule has 1 amide bonds. The van der Waals surface area contributed by atoms with Crippen LogP contribution in [0, 0.1) is 29.7 Å². The van der Waals surface area contributed by atoms with Crippen molar-refractivity contribution in [3.8, 4) is 0 Å². The third-order valence-corrected chi connectivity index (χ3v) is 10.4. The van der Waals surface area contributed by atoms with Gasteiger partial charge in [0.2, 0.25) is 11.8 Å². The molecule has 4 nitrogen and oxygen atoms in total. The molecule has 0 spiro atoms. The zero-order chi connectivity index (χ0) is 33.0. The normalized spacial score (nSPS) is 22.0. The van der Waals surface area contributed by atoms with Crippen LogP contribution in [-0.2, 0) is 9.53 Å². The average molecular weight is 667 g/mol. The van der Waals surface area contributed by atoms with E-state index in [-0.39, 0.29) is 70.1 Å². The molecule has 2 N–H and O–H groups in total. The summed E-state index contributed by atoms with van der Waals surface area (Å²) in [6, 6.07) is 1.93. The van der Waals surface area contributed by atoms with Crippen molar-refractivity contribution in [1.82, 2.24) is 10.6 Å². The van der Waals surface area contributed by atoms with Gasteiger partial charge in [-0.1, -0.05) is 98.8 Å². The second kappa shape index (κ2) is 26.7. The van der Waals surface area contributed by atoms with Gasteiger partial charge in [-0.05, 0) is 68.6 Å². The van der Waals surface area contributed by atoms with E-state index in [1.807, 2.05) is 13.8 Å². The number of hydrogen-bond acceptors (Lipinski definition) is 3. The van der Waals surface area contributed by atoms with Crippen molar-refractivity contribution in [2.24, 2.45) is 23.7 Å². The van der Waals surface area contributed by atoms with Gasteiger partial charge in [0.1, 0.15) is 0 Å². The van der Waals surface area contributed by atoms with Gasteiger partial charge in [-0.3, -0.25) is 10.8 Å². The van der Waals surface area contributed by atoms with E-state index in [1.165, 1.54) is 83.1 Å². The van der Waals surface area contributed by atoms with Crippen LogP contribution < -0.4 is 62.0 Å². The summed E-state index contributed by atoms with van der Waals surface area (Å²) in [5.74, 6) is 0.261. The van der Waals surface area contributed by atoms with Crippen LogP contribution in [0.5, 0.6) is 0 Å². The number of carbonyl (C=O) groups is 1. The summed E-state index contributed by atoms with van der Waals surface area (Å²) in [6.45, 7) is 17.3. The minimum Gasteiger partial charge on any atom is -0.463 e. The van der Waals surface area contributed by atoms with Crippen molar-refractivity contribution < 1.29 is 69.7 Å². The zero-order valence-electron chi connectivity index (χ0n) is 31.3. The van der Waals surface area contributed by atoms with Gasteiger partial charge in [0, 0.05) is 31.8 Å². The van der Waals surface area contributed by atoms with Crippen LogP contribution in [-0.4, -0.2) is 36.6 Å². The van der Waals surface area contributed by atoms with Crippen LogP contribution in [0.1, 0.15) is 177 Å². The number of amides is 1. The maximum absolute atomic E-state index is 13.3. The molecule has 0 aromatic heterocycles. The number of carbonyl (C=O) groups excluding carboxylic acids is 1. The molecule has 0 radical (unpaired) electrons. The zero-order valence-corrected chi connectivity index (χ0v) is 34.4. The van der Waals surface area contributed by atoms with E-state index in [0.29, 0.717) is 48.8 Å². The van der Waals surface area contributed by atoms with Crippen LogP contribution in [0.4, 0.5) is 8.78 Å². The summed E-state index contributed by atoms with van der Waals surface area (Å²) in [6.07, 6.45) is 21.3. The molecule has 7 heteroatoms. The smallest absolute Gasteiger partial charge is 0.463 e. The Labute approximate surface area is 321 Å². The van der Waals surface area contributed by atoms with Crippen molar-refractivity contribution in [3.63, 3.8) is 0 Å². The number of hydrogen-bond donors (Lipinski definition) is 2. The summed E-state index contributed by atoms with van der Waals surface area (Å²) in [5.41, 5.74) is 0. The number of halogens is 2. The summed E-state index contributed by atoms with van der Waals surface area (Å²) in [7, 11) is 0. The Morgan fingerprint density at radius 1 is 0.822 bits per heavy atom. The predicted molar refractivity (Wildman–Crippen MR) is 184 cm³/mol. The molecular formula is C38H73F2KN2O2. The van der Waals surface area contributed by atoms with Crippen LogP contribution in [0.25, 0.3) is 0 Å². The van der Waals surface area contributed by atoms with Crippen molar-refractivity contribution in [3.05, 3.63) is 6.04 Å². The van der Waals surface area contributed by atoms with E-state index in [0.717, 1.165) is 31.8 Å². The second-order valence-electron chi connectivity index (χ2n) is 14.5. The van der Waals surface area contributed by atoms with Gasteiger partial charge in [0.15, 0.2) is 0 Å².